The zero-order valence-electron chi connectivity index (χ0n) is 14.1. The van der Waals surface area contributed by atoms with Gasteiger partial charge in [0.05, 0.1) is 11.2 Å². The first-order chi connectivity index (χ1) is 10.7. The monoisotopic (exact) mass is 319 g/mol. The SMILES string of the molecule is CC1(C)OB(C(F)=Cc2ccc(=O)n(CC3CC3)c2)OC1(C)C. The number of rotatable bonds is 4. The second-order valence-electron chi connectivity index (χ2n) is 7.51. The van der Waals surface area contributed by atoms with Crippen molar-refractivity contribution in [1.82, 2.24) is 4.57 Å². The fourth-order valence-corrected chi connectivity index (χ4v) is 2.54. The molecule has 6 heteroatoms. The summed E-state index contributed by atoms with van der Waals surface area (Å²) in [7, 11) is -1.01. The van der Waals surface area contributed by atoms with Crippen LogP contribution in [0.3, 0.4) is 0 Å². The van der Waals surface area contributed by atoms with E-state index in [1.54, 1.807) is 16.8 Å². The summed E-state index contributed by atoms with van der Waals surface area (Å²) < 4.78 is 27.6. The smallest absolute Gasteiger partial charge is 0.398 e. The van der Waals surface area contributed by atoms with Crippen molar-refractivity contribution in [2.24, 2.45) is 5.92 Å². The average molecular weight is 319 g/mol. The van der Waals surface area contributed by atoms with Crippen molar-refractivity contribution in [2.45, 2.75) is 58.3 Å². The third kappa shape index (κ3) is 3.43. The second-order valence-corrected chi connectivity index (χ2v) is 7.51. The van der Waals surface area contributed by atoms with E-state index in [0.717, 1.165) is 12.8 Å². The summed E-state index contributed by atoms with van der Waals surface area (Å²) in [6.45, 7) is 8.25. The van der Waals surface area contributed by atoms with Gasteiger partial charge in [0, 0.05) is 18.8 Å². The van der Waals surface area contributed by atoms with E-state index in [2.05, 4.69) is 0 Å². The van der Waals surface area contributed by atoms with Gasteiger partial charge in [0.25, 0.3) is 5.56 Å². The normalized spacial score (nSPS) is 23.3. The van der Waals surface area contributed by atoms with E-state index in [1.807, 2.05) is 27.7 Å². The molecule has 2 aliphatic rings. The highest BCUT2D eigenvalue weighted by molar-refractivity contribution is 6.54. The number of hydrogen-bond acceptors (Lipinski definition) is 3. The molecule has 124 valence electrons. The van der Waals surface area contributed by atoms with Crippen molar-refractivity contribution in [3.63, 3.8) is 0 Å². The molecule has 2 heterocycles. The Morgan fingerprint density at radius 1 is 1.30 bits per heavy atom. The maximum Gasteiger partial charge on any atom is 0.525 e. The highest BCUT2D eigenvalue weighted by Gasteiger charge is 2.53. The lowest BCUT2D eigenvalue weighted by Gasteiger charge is -2.32. The Morgan fingerprint density at radius 2 is 1.91 bits per heavy atom. The highest BCUT2D eigenvalue weighted by Crippen LogP contribution is 2.39. The van der Waals surface area contributed by atoms with Gasteiger partial charge in [-0.25, -0.2) is 4.39 Å². The van der Waals surface area contributed by atoms with Crippen molar-refractivity contribution in [3.05, 3.63) is 40.0 Å². The van der Waals surface area contributed by atoms with E-state index in [1.165, 1.54) is 12.1 Å². The van der Waals surface area contributed by atoms with Crippen molar-refractivity contribution in [2.75, 3.05) is 0 Å². The van der Waals surface area contributed by atoms with Crippen LogP contribution in [0.4, 0.5) is 4.39 Å². The highest BCUT2D eigenvalue weighted by atomic mass is 19.1. The molecular weight excluding hydrogens is 296 g/mol. The third-order valence-corrected chi connectivity index (χ3v) is 4.94. The van der Waals surface area contributed by atoms with E-state index in [4.69, 9.17) is 9.31 Å². The summed E-state index contributed by atoms with van der Waals surface area (Å²) in [6.07, 6.45) is 5.40. The van der Waals surface area contributed by atoms with Crippen LogP contribution in [0, 0.1) is 5.92 Å². The van der Waals surface area contributed by atoms with Crippen LogP contribution in [0.15, 0.2) is 28.9 Å². The van der Waals surface area contributed by atoms with Gasteiger partial charge in [-0.2, -0.15) is 0 Å². The molecule has 23 heavy (non-hydrogen) atoms. The first-order valence-electron chi connectivity index (χ1n) is 8.11. The molecule has 2 fully saturated rings. The molecule has 4 nitrogen and oxygen atoms in total. The summed E-state index contributed by atoms with van der Waals surface area (Å²) in [5, 5.41) is 0. The molecule has 1 saturated carbocycles. The fourth-order valence-electron chi connectivity index (χ4n) is 2.54. The number of aromatic nitrogens is 1. The van der Waals surface area contributed by atoms with Crippen LogP contribution in [0.1, 0.15) is 46.1 Å². The predicted molar refractivity (Wildman–Crippen MR) is 88.6 cm³/mol. The molecule has 0 spiro atoms. The van der Waals surface area contributed by atoms with E-state index >= 15 is 0 Å². The van der Waals surface area contributed by atoms with Gasteiger partial charge in [0.2, 0.25) is 0 Å². The molecule has 1 aromatic heterocycles. The minimum Gasteiger partial charge on any atom is -0.398 e. The van der Waals surface area contributed by atoms with Crippen LogP contribution in [0.25, 0.3) is 6.08 Å². The number of halogens is 1. The van der Waals surface area contributed by atoms with Crippen LogP contribution in [-0.2, 0) is 15.9 Å². The molecule has 0 atom stereocenters. The summed E-state index contributed by atoms with van der Waals surface area (Å²) in [6, 6.07) is 3.10. The molecule has 0 bridgehead atoms. The molecule has 1 saturated heterocycles. The lowest BCUT2D eigenvalue weighted by molar-refractivity contribution is 0.00578. The lowest BCUT2D eigenvalue weighted by Crippen LogP contribution is -2.41. The Morgan fingerprint density at radius 3 is 2.48 bits per heavy atom. The Kier molecular flexibility index (Phi) is 4.01. The Hall–Kier alpha value is -1.40. The minimum atomic E-state index is -1.01. The van der Waals surface area contributed by atoms with Crippen LogP contribution < -0.4 is 5.56 Å². The molecule has 1 aliphatic heterocycles. The molecular formula is C17H23BFNO3. The molecule has 0 unspecified atom stereocenters. The zero-order chi connectivity index (χ0) is 16.8. The summed E-state index contributed by atoms with van der Waals surface area (Å²) in [5.74, 6) is 0.583. The van der Waals surface area contributed by atoms with Gasteiger partial charge in [-0.3, -0.25) is 4.79 Å². The van der Waals surface area contributed by atoms with E-state index < -0.39 is 24.0 Å². The topological polar surface area (TPSA) is 40.5 Å². The lowest BCUT2D eigenvalue weighted by atomic mass is 9.87. The Labute approximate surface area is 136 Å². The number of hydrogen-bond donors (Lipinski definition) is 0. The summed E-state index contributed by atoms with van der Waals surface area (Å²) in [5.41, 5.74) is -1.05. The van der Waals surface area contributed by atoms with Gasteiger partial charge in [0.1, 0.15) is 5.73 Å². The van der Waals surface area contributed by atoms with Crippen molar-refractivity contribution in [3.8, 4) is 0 Å². The molecule has 0 N–H and O–H groups in total. The Balaban J connectivity index is 1.80. The largest absolute Gasteiger partial charge is 0.525 e. The van der Waals surface area contributed by atoms with Gasteiger partial charge in [-0.05, 0) is 64.2 Å². The standard InChI is InChI=1S/C17H23BFNO3/c1-16(2)17(3,4)23-18(22-16)14(19)9-13-7-8-15(21)20(11-13)10-12-5-6-12/h7-9,11-12H,5-6,10H2,1-4H3. The zero-order valence-corrected chi connectivity index (χ0v) is 14.1. The predicted octanol–water partition coefficient (Wildman–Crippen LogP) is 3.20. The van der Waals surface area contributed by atoms with Crippen molar-refractivity contribution in [1.29, 1.82) is 0 Å². The van der Waals surface area contributed by atoms with Crippen molar-refractivity contribution < 1.29 is 13.7 Å². The molecule has 0 radical (unpaired) electrons. The molecule has 0 amide bonds. The van der Waals surface area contributed by atoms with E-state index in [9.17, 15) is 9.18 Å². The van der Waals surface area contributed by atoms with Crippen LogP contribution in [0.2, 0.25) is 0 Å². The van der Waals surface area contributed by atoms with Gasteiger partial charge >= 0.3 is 7.12 Å². The fraction of sp³-hybridized carbons (Fsp3) is 0.588. The molecule has 1 aromatic rings. The van der Waals surface area contributed by atoms with Crippen LogP contribution in [0.5, 0.6) is 0 Å². The van der Waals surface area contributed by atoms with E-state index in [0.29, 0.717) is 18.0 Å². The van der Waals surface area contributed by atoms with Crippen LogP contribution >= 0.6 is 0 Å². The van der Waals surface area contributed by atoms with Gasteiger partial charge in [-0.1, -0.05) is 0 Å². The van der Waals surface area contributed by atoms with E-state index in [-0.39, 0.29) is 5.56 Å². The van der Waals surface area contributed by atoms with Gasteiger partial charge in [0.15, 0.2) is 0 Å². The first-order valence-corrected chi connectivity index (χ1v) is 8.11. The minimum absolute atomic E-state index is 0.0508. The number of nitrogens with zero attached hydrogens (tertiary/aromatic N) is 1. The first kappa shape index (κ1) is 16.5. The second kappa shape index (κ2) is 5.60. The molecule has 3 rings (SSSR count). The average Bonchev–Trinajstić information content (AvgIpc) is 3.21. The van der Waals surface area contributed by atoms with Gasteiger partial charge < -0.3 is 13.9 Å². The third-order valence-electron chi connectivity index (χ3n) is 4.94. The van der Waals surface area contributed by atoms with Crippen LogP contribution in [-0.4, -0.2) is 22.9 Å². The van der Waals surface area contributed by atoms with Gasteiger partial charge in [-0.15, -0.1) is 0 Å². The quantitative estimate of drug-likeness (QED) is 0.800. The molecule has 1 aliphatic carbocycles. The number of pyridine rings is 1. The van der Waals surface area contributed by atoms with Crippen molar-refractivity contribution >= 4 is 13.2 Å². The summed E-state index contributed by atoms with van der Waals surface area (Å²) >= 11 is 0. The molecule has 0 aromatic carbocycles. The maximum absolute atomic E-state index is 14.5. The summed E-state index contributed by atoms with van der Waals surface area (Å²) in [4.78, 5) is 11.8. The Bertz CT molecular complexity index is 675. The maximum atomic E-state index is 14.5.